The second-order valence-corrected chi connectivity index (χ2v) is 3.84. The van der Waals surface area contributed by atoms with Gasteiger partial charge in [-0.1, -0.05) is 0 Å². The summed E-state index contributed by atoms with van der Waals surface area (Å²) >= 11 is 5.31. The molecule has 1 rings (SSSR count). The Bertz CT molecular complexity index is 316. The van der Waals surface area contributed by atoms with Gasteiger partial charge in [-0.25, -0.2) is 9.78 Å². The molecule has 0 bridgehead atoms. The molecule has 0 radical (unpaired) electrons. The monoisotopic (exact) mass is 341 g/mol. The van der Waals surface area contributed by atoms with Gasteiger partial charge in [-0.3, -0.25) is 0 Å². The van der Waals surface area contributed by atoms with Crippen LogP contribution in [0.4, 0.5) is 0 Å². The quantitative estimate of drug-likeness (QED) is 0.447. The molecule has 0 saturated heterocycles. The van der Waals surface area contributed by atoms with Gasteiger partial charge in [0.2, 0.25) is 0 Å². The van der Waals surface area contributed by atoms with Crippen LogP contribution in [0, 0.1) is 3.70 Å². The Kier molecular flexibility index (Phi) is 3.45. The zero-order valence-electron chi connectivity index (χ0n) is 6.17. The predicted molar refractivity (Wildman–Crippen MR) is 56.0 cm³/mol. The van der Waals surface area contributed by atoms with Crippen LogP contribution in [-0.4, -0.2) is 18.1 Å². The number of carbonyl (C=O) groups excluding carboxylic acids is 1. The minimum absolute atomic E-state index is 0.324. The van der Waals surface area contributed by atoms with Crippen LogP contribution in [0.25, 0.3) is 0 Å². The van der Waals surface area contributed by atoms with Crippen molar-refractivity contribution >= 4 is 44.5 Å². The maximum atomic E-state index is 11.0. The molecule has 0 saturated carbocycles. The van der Waals surface area contributed by atoms with E-state index >= 15 is 0 Å². The Labute approximate surface area is 91.8 Å². The highest BCUT2D eigenvalue weighted by Gasteiger charge is 2.08. The summed E-state index contributed by atoms with van der Waals surface area (Å²) in [6, 6.07) is 3.37. The fourth-order valence-electron chi connectivity index (χ4n) is 0.636. The van der Waals surface area contributed by atoms with Crippen molar-refractivity contribution in [3.8, 4) is 0 Å². The van der Waals surface area contributed by atoms with Crippen molar-refractivity contribution in [2.75, 3.05) is 7.11 Å². The number of ether oxygens (including phenoxy) is 1. The van der Waals surface area contributed by atoms with E-state index in [2.05, 4.69) is 25.7 Å². The number of rotatable bonds is 1. The Hall–Kier alpha value is -0.170. The lowest BCUT2D eigenvalue weighted by Gasteiger charge is -1.99. The van der Waals surface area contributed by atoms with E-state index in [0.29, 0.717) is 5.69 Å². The lowest BCUT2D eigenvalue weighted by molar-refractivity contribution is 0.0594. The van der Waals surface area contributed by atoms with Gasteiger partial charge in [0.05, 0.1) is 7.11 Å². The zero-order chi connectivity index (χ0) is 9.14. The lowest BCUT2D eigenvalue weighted by Crippen LogP contribution is -2.04. The van der Waals surface area contributed by atoms with Gasteiger partial charge in [-0.2, -0.15) is 0 Å². The summed E-state index contributed by atoms with van der Waals surface area (Å²) in [7, 11) is 1.33. The van der Waals surface area contributed by atoms with E-state index in [0.717, 1.165) is 8.17 Å². The summed E-state index contributed by atoms with van der Waals surface area (Å²) in [6.07, 6.45) is 0. The number of hydrogen-bond acceptors (Lipinski definition) is 3. The van der Waals surface area contributed by atoms with Crippen LogP contribution in [0.15, 0.2) is 16.6 Å². The maximum absolute atomic E-state index is 11.0. The molecular weight excluding hydrogens is 337 g/mol. The first-order valence-electron chi connectivity index (χ1n) is 3.05. The van der Waals surface area contributed by atoms with Crippen LogP contribution in [0.5, 0.6) is 0 Å². The van der Waals surface area contributed by atoms with E-state index in [1.54, 1.807) is 12.1 Å². The summed E-state index contributed by atoms with van der Waals surface area (Å²) < 4.78 is 6.13. The van der Waals surface area contributed by atoms with Crippen molar-refractivity contribution < 1.29 is 9.53 Å². The highest BCUT2D eigenvalue weighted by molar-refractivity contribution is 14.1. The zero-order valence-corrected chi connectivity index (χ0v) is 9.92. The number of halogens is 2. The smallest absolute Gasteiger partial charge is 0.356 e. The molecule has 0 spiro atoms. The van der Waals surface area contributed by atoms with E-state index in [9.17, 15) is 4.79 Å². The van der Waals surface area contributed by atoms with Crippen molar-refractivity contribution in [2.45, 2.75) is 0 Å². The molecule has 0 aromatic carbocycles. The normalized spacial score (nSPS) is 9.58. The number of methoxy groups -OCH3 is 1. The van der Waals surface area contributed by atoms with Crippen molar-refractivity contribution in [1.29, 1.82) is 0 Å². The minimum Gasteiger partial charge on any atom is -0.464 e. The Morgan fingerprint density at radius 2 is 2.33 bits per heavy atom. The molecule has 5 heteroatoms. The lowest BCUT2D eigenvalue weighted by atomic mass is 10.4. The van der Waals surface area contributed by atoms with Gasteiger partial charge in [0.15, 0.2) is 0 Å². The van der Waals surface area contributed by atoms with Crippen molar-refractivity contribution in [1.82, 2.24) is 4.98 Å². The summed E-state index contributed by atoms with van der Waals surface area (Å²) in [5.74, 6) is -0.416. The van der Waals surface area contributed by atoms with Gasteiger partial charge < -0.3 is 4.74 Å². The van der Waals surface area contributed by atoms with E-state index in [4.69, 9.17) is 0 Å². The highest BCUT2D eigenvalue weighted by atomic mass is 127. The Balaban J connectivity index is 3.05. The van der Waals surface area contributed by atoms with Gasteiger partial charge in [0, 0.05) is 4.47 Å². The Morgan fingerprint density at radius 1 is 1.67 bits per heavy atom. The SMILES string of the molecule is COC(=O)c1ccc(Br)c(I)n1. The van der Waals surface area contributed by atoms with Crippen LogP contribution in [0.2, 0.25) is 0 Å². The molecule has 1 aromatic rings. The Morgan fingerprint density at radius 3 is 2.83 bits per heavy atom. The molecule has 0 atom stereocenters. The number of esters is 1. The molecular formula is C7H5BrINO2. The molecule has 3 nitrogen and oxygen atoms in total. The molecule has 12 heavy (non-hydrogen) atoms. The predicted octanol–water partition coefficient (Wildman–Crippen LogP) is 2.24. The third-order valence-corrected chi connectivity index (χ3v) is 3.40. The summed E-state index contributed by atoms with van der Waals surface area (Å²) in [4.78, 5) is 15.0. The average molecular weight is 342 g/mol. The van der Waals surface area contributed by atoms with Gasteiger partial charge in [0.25, 0.3) is 0 Å². The fourth-order valence-corrected chi connectivity index (χ4v) is 1.30. The van der Waals surface area contributed by atoms with Crippen LogP contribution in [-0.2, 0) is 4.74 Å². The number of pyridine rings is 1. The van der Waals surface area contributed by atoms with Crippen molar-refractivity contribution in [2.24, 2.45) is 0 Å². The summed E-state index contributed by atoms with van der Waals surface area (Å²) in [5.41, 5.74) is 0.324. The molecule has 0 N–H and O–H groups in total. The maximum Gasteiger partial charge on any atom is 0.356 e. The van der Waals surface area contributed by atoms with E-state index in [1.165, 1.54) is 7.11 Å². The molecule has 1 aromatic heterocycles. The van der Waals surface area contributed by atoms with Crippen LogP contribution < -0.4 is 0 Å². The standard InChI is InChI=1S/C7H5BrINO2/c1-12-7(11)5-3-2-4(8)6(9)10-5/h2-3H,1H3. The molecule has 0 aliphatic heterocycles. The molecule has 0 aliphatic carbocycles. The number of nitrogens with zero attached hydrogens (tertiary/aromatic N) is 1. The first-order chi connectivity index (χ1) is 5.65. The average Bonchev–Trinajstić information content (AvgIpc) is 2.08. The summed E-state index contributed by atoms with van der Waals surface area (Å²) in [6.45, 7) is 0. The van der Waals surface area contributed by atoms with Gasteiger partial charge in [-0.05, 0) is 50.7 Å². The van der Waals surface area contributed by atoms with Crippen LogP contribution >= 0.6 is 38.5 Å². The van der Waals surface area contributed by atoms with Crippen LogP contribution in [0.3, 0.4) is 0 Å². The van der Waals surface area contributed by atoms with Gasteiger partial charge in [-0.15, -0.1) is 0 Å². The number of hydrogen-bond donors (Lipinski definition) is 0. The largest absolute Gasteiger partial charge is 0.464 e. The molecule has 0 aliphatic rings. The van der Waals surface area contributed by atoms with E-state index in [-0.39, 0.29) is 0 Å². The molecule has 1 heterocycles. The molecule has 0 amide bonds. The first-order valence-corrected chi connectivity index (χ1v) is 4.92. The number of carbonyl (C=O) groups is 1. The summed E-state index contributed by atoms with van der Waals surface area (Å²) in [5, 5.41) is 0. The second kappa shape index (κ2) is 4.18. The van der Waals surface area contributed by atoms with Crippen molar-refractivity contribution in [3.63, 3.8) is 0 Å². The first kappa shape index (κ1) is 9.91. The van der Waals surface area contributed by atoms with E-state index in [1.807, 2.05) is 22.6 Å². The fraction of sp³-hybridized carbons (Fsp3) is 0.143. The third kappa shape index (κ3) is 2.16. The van der Waals surface area contributed by atoms with E-state index < -0.39 is 5.97 Å². The second-order valence-electron chi connectivity index (χ2n) is 1.96. The van der Waals surface area contributed by atoms with Gasteiger partial charge in [0.1, 0.15) is 9.39 Å². The van der Waals surface area contributed by atoms with Gasteiger partial charge >= 0.3 is 5.97 Å². The third-order valence-electron chi connectivity index (χ3n) is 1.20. The highest BCUT2D eigenvalue weighted by Crippen LogP contribution is 2.16. The molecule has 64 valence electrons. The topological polar surface area (TPSA) is 39.2 Å². The number of aromatic nitrogens is 1. The van der Waals surface area contributed by atoms with Crippen molar-refractivity contribution in [3.05, 3.63) is 26.0 Å². The molecule has 0 unspecified atom stereocenters. The van der Waals surface area contributed by atoms with Crippen LogP contribution in [0.1, 0.15) is 10.5 Å². The molecule has 0 fully saturated rings. The minimum atomic E-state index is -0.416.